The molecule has 2 rings (SSSR count). The lowest BCUT2D eigenvalue weighted by atomic mass is 9.97. The summed E-state index contributed by atoms with van der Waals surface area (Å²) in [6.07, 6.45) is 4.73. The number of likely N-dealkylation sites (tertiary alicyclic amines) is 1. The van der Waals surface area contributed by atoms with Crippen LogP contribution in [0.25, 0.3) is 0 Å². The molecule has 0 saturated carbocycles. The summed E-state index contributed by atoms with van der Waals surface area (Å²) in [5.41, 5.74) is 0. The number of carbonyl (C=O) groups excluding carboxylic acids is 1. The van der Waals surface area contributed by atoms with Crippen molar-refractivity contribution in [2.24, 2.45) is 0 Å². The van der Waals surface area contributed by atoms with Gasteiger partial charge in [0.15, 0.2) is 0 Å². The number of likely N-dealkylation sites (N-methyl/N-ethyl adjacent to an activating group) is 1. The standard InChI is InChI=1S/C15H28N2O2/c1-3-16-8-9-19-15(11-16)12-17-7-5-4-6-14(17)10-13(2)18/h14-15H,3-12H2,1-2H3. The molecule has 2 saturated heterocycles. The van der Waals surface area contributed by atoms with Crippen LogP contribution in [-0.4, -0.2) is 67.1 Å². The number of ketones is 1. The molecule has 2 fully saturated rings. The first kappa shape index (κ1) is 14.9. The van der Waals surface area contributed by atoms with Crippen molar-refractivity contribution in [3.8, 4) is 0 Å². The van der Waals surface area contributed by atoms with Gasteiger partial charge in [-0.05, 0) is 32.9 Å². The Bertz CT molecular complexity index is 296. The van der Waals surface area contributed by atoms with Crippen molar-refractivity contribution in [3.63, 3.8) is 0 Å². The molecule has 0 bridgehead atoms. The van der Waals surface area contributed by atoms with E-state index in [9.17, 15) is 4.79 Å². The fourth-order valence-corrected chi connectivity index (χ4v) is 3.30. The number of morpholine rings is 1. The van der Waals surface area contributed by atoms with E-state index in [2.05, 4.69) is 16.7 Å². The summed E-state index contributed by atoms with van der Waals surface area (Å²) in [6.45, 7) is 10.1. The van der Waals surface area contributed by atoms with Gasteiger partial charge in [-0.25, -0.2) is 0 Å². The molecule has 4 nitrogen and oxygen atoms in total. The predicted octanol–water partition coefficient (Wildman–Crippen LogP) is 1.54. The Morgan fingerprint density at radius 3 is 2.89 bits per heavy atom. The Balaban J connectivity index is 1.86. The number of hydrogen-bond donors (Lipinski definition) is 0. The van der Waals surface area contributed by atoms with Gasteiger partial charge in [0.1, 0.15) is 5.78 Å². The average Bonchev–Trinajstić information content (AvgIpc) is 2.41. The van der Waals surface area contributed by atoms with E-state index in [1.165, 1.54) is 19.3 Å². The van der Waals surface area contributed by atoms with Gasteiger partial charge in [0.2, 0.25) is 0 Å². The van der Waals surface area contributed by atoms with Crippen LogP contribution in [-0.2, 0) is 9.53 Å². The van der Waals surface area contributed by atoms with E-state index in [1.54, 1.807) is 6.92 Å². The highest BCUT2D eigenvalue weighted by Gasteiger charge is 2.28. The minimum absolute atomic E-state index is 0.316. The van der Waals surface area contributed by atoms with Gasteiger partial charge >= 0.3 is 0 Å². The summed E-state index contributed by atoms with van der Waals surface area (Å²) in [4.78, 5) is 16.3. The normalized spacial score (nSPS) is 30.4. The van der Waals surface area contributed by atoms with Crippen LogP contribution in [0.4, 0.5) is 0 Å². The molecule has 0 spiro atoms. The molecule has 2 unspecified atom stereocenters. The van der Waals surface area contributed by atoms with Crippen molar-refractivity contribution in [2.45, 2.75) is 51.7 Å². The van der Waals surface area contributed by atoms with Crippen LogP contribution < -0.4 is 0 Å². The van der Waals surface area contributed by atoms with E-state index in [0.717, 1.165) is 39.3 Å². The van der Waals surface area contributed by atoms with Gasteiger partial charge in [-0.15, -0.1) is 0 Å². The largest absolute Gasteiger partial charge is 0.374 e. The maximum atomic E-state index is 11.4. The van der Waals surface area contributed by atoms with Crippen LogP contribution in [0.15, 0.2) is 0 Å². The van der Waals surface area contributed by atoms with Crippen LogP contribution in [0, 0.1) is 0 Å². The van der Waals surface area contributed by atoms with E-state index in [-0.39, 0.29) is 0 Å². The van der Waals surface area contributed by atoms with Gasteiger partial charge in [-0.3, -0.25) is 14.6 Å². The number of Topliss-reactive ketones (excluding diaryl/α,β-unsaturated/α-hetero) is 1. The zero-order chi connectivity index (χ0) is 13.7. The molecular weight excluding hydrogens is 240 g/mol. The number of rotatable bonds is 5. The summed E-state index contributed by atoms with van der Waals surface area (Å²) < 4.78 is 5.90. The highest BCUT2D eigenvalue weighted by molar-refractivity contribution is 5.76. The number of hydrogen-bond acceptors (Lipinski definition) is 4. The molecule has 0 radical (unpaired) electrons. The number of nitrogens with zero attached hydrogens (tertiary/aromatic N) is 2. The Hall–Kier alpha value is -0.450. The Morgan fingerprint density at radius 1 is 1.32 bits per heavy atom. The summed E-state index contributed by atoms with van der Waals surface area (Å²) in [5, 5.41) is 0. The van der Waals surface area contributed by atoms with Gasteiger partial charge < -0.3 is 4.74 Å². The van der Waals surface area contributed by atoms with E-state index < -0.39 is 0 Å². The second-order valence-corrected chi connectivity index (χ2v) is 5.94. The number of ether oxygens (including phenoxy) is 1. The van der Waals surface area contributed by atoms with Crippen LogP contribution >= 0.6 is 0 Å². The van der Waals surface area contributed by atoms with E-state index in [1.807, 2.05) is 0 Å². The highest BCUT2D eigenvalue weighted by Crippen LogP contribution is 2.21. The molecule has 0 N–H and O–H groups in total. The fraction of sp³-hybridized carbons (Fsp3) is 0.933. The third kappa shape index (κ3) is 4.55. The van der Waals surface area contributed by atoms with Gasteiger partial charge in [-0.2, -0.15) is 0 Å². The topological polar surface area (TPSA) is 32.8 Å². The number of carbonyl (C=O) groups is 1. The second-order valence-electron chi connectivity index (χ2n) is 5.94. The molecular formula is C15H28N2O2. The van der Waals surface area contributed by atoms with Crippen molar-refractivity contribution in [1.82, 2.24) is 9.80 Å². The van der Waals surface area contributed by atoms with Crippen LogP contribution in [0.5, 0.6) is 0 Å². The first-order chi connectivity index (χ1) is 9.19. The molecule has 2 atom stereocenters. The van der Waals surface area contributed by atoms with Gasteiger partial charge in [0.05, 0.1) is 12.7 Å². The summed E-state index contributed by atoms with van der Waals surface area (Å²) in [5.74, 6) is 0.316. The fourth-order valence-electron chi connectivity index (χ4n) is 3.30. The third-order valence-corrected chi connectivity index (χ3v) is 4.38. The van der Waals surface area contributed by atoms with Gasteiger partial charge in [0.25, 0.3) is 0 Å². The van der Waals surface area contributed by atoms with Crippen molar-refractivity contribution in [1.29, 1.82) is 0 Å². The van der Waals surface area contributed by atoms with Crippen molar-refractivity contribution >= 4 is 5.78 Å². The Labute approximate surface area is 117 Å². The van der Waals surface area contributed by atoms with Crippen molar-refractivity contribution < 1.29 is 9.53 Å². The zero-order valence-corrected chi connectivity index (χ0v) is 12.4. The summed E-state index contributed by atoms with van der Waals surface area (Å²) in [6, 6.07) is 0.451. The van der Waals surface area contributed by atoms with Crippen molar-refractivity contribution in [3.05, 3.63) is 0 Å². The molecule has 0 aliphatic carbocycles. The SMILES string of the molecule is CCN1CCOC(CN2CCCCC2CC(C)=O)C1. The first-order valence-electron chi connectivity index (χ1n) is 7.76. The molecule has 0 aromatic rings. The van der Waals surface area contributed by atoms with Crippen LogP contribution in [0.1, 0.15) is 39.5 Å². The average molecular weight is 268 g/mol. The molecule has 19 heavy (non-hydrogen) atoms. The quantitative estimate of drug-likeness (QED) is 0.757. The molecule has 2 heterocycles. The molecule has 0 aromatic carbocycles. The predicted molar refractivity (Wildman–Crippen MR) is 76.4 cm³/mol. The molecule has 4 heteroatoms. The Kier molecular flexibility index (Phi) is 5.79. The lowest BCUT2D eigenvalue weighted by molar-refractivity contribution is -0.119. The van der Waals surface area contributed by atoms with Gasteiger partial charge in [-0.1, -0.05) is 13.3 Å². The minimum Gasteiger partial charge on any atom is -0.374 e. The third-order valence-electron chi connectivity index (χ3n) is 4.38. The van der Waals surface area contributed by atoms with Gasteiger partial charge in [0, 0.05) is 32.1 Å². The molecule has 0 amide bonds. The molecule has 2 aliphatic heterocycles. The molecule has 2 aliphatic rings. The summed E-state index contributed by atoms with van der Waals surface area (Å²) in [7, 11) is 0. The minimum atomic E-state index is 0.316. The lowest BCUT2D eigenvalue weighted by Crippen LogP contribution is -2.51. The highest BCUT2D eigenvalue weighted by atomic mass is 16.5. The summed E-state index contributed by atoms with van der Waals surface area (Å²) >= 11 is 0. The van der Waals surface area contributed by atoms with E-state index >= 15 is 0 Å². The van der Waals surface area contributed by atoms with E-state index in [0.29, 0.717) is 24.3 Å². The lowest BCUT2D eigenvalue weighted by Gasteiger charge is -2.40. The smallest absolute Gasteiger partial charge is 0.131 e. The molecule has 110 valence electrons. The number of piperidine rings is 1. The maximum Gasteiger partial charge on any atom is 0.131 e. The second kappa shape index (κ2) is 7.36. The molecule has 0 aromatic heterocycles. The monoisotopic (exact) mass is 268 g/mol. The van der Waals surface area contributed by atoms with Crippen molar-refractivity contribution in [2.75, 3.05) is 39.3 Å². The van der Waals surface area contributed by atoms with Crippen LogP contribution in [0.3, 0.4) is 0 Å². The Morgan fingerprint density at radius 2 is 2.16 bits per heavy atom. The first-order valence-corrected chi connectivity index (χ1v) is 7.76. The van der Waals surface area contributed by atoms with E-state index in [4.69, 9.17) is 4.74 Å². The zero-order valence-electron chi connectivity index (χ0n) is 12.4. The maximum absolute atomic E-state index is 11.4. The van der Waals surface area contributed by atoms with Crippen LogP contribution in [0.2, 0.25) is 0 Å².